The van der Waals surface area contributed by atoms with Gasteiger partial charge in [0, 0.05) is 21.2 Å². The Bertz CT molecular complexity index is 2980. The fourth-order valence-corrected chi connectivity index (χ4v) is 16.4. The standard InChI is InChI=1S/C54H36BNOSSi/c1-5-18-37(19-6-1)39-32-33-43-48(34-39)57-49-35-40(38-20-7-2-8-21-38)36-50-53(49)55(43)44-26-17-29-47(54(44)58-50)56-45-27-13-15-30-51(45)59(41-22-9-3-10-23-41,42-24-11-4-12-25-42)52-31-16-14-28-46(52)56/h1-36H. The average molecular weight is 786 g/mol. The summed E-state index contributed by atoms with van der Waals surface area (Å²) >= 11 is 1.89. The van der Waals surface area contributed by atoms with Crippen LogP contribution < -0.4 is 46.8 Å². The first kappa shape index (κ1) is 34.3. The fourth-order valence-electron chi connectivity index (χ4n) is 9.96. The van der Waals surface area contributed by atoms with Crippen LogP contribution in [0.25, 0.3) is 22.3 Å². The SMILES string of the molecule is c1ccc(-c2ccc3c(c2)Oc2cc(-c4ccccc4)cc4c2B3c2cccc(N3c5ccccc5[Si](c5ccccc5)(c5ccccc5)c5ccccc53)c2S4)cc1. The highest BCUT2D eigenvalue weighted by Gasteiger charge is 2.49. The molecular weight excluding hydrogens is 750 g/mol. The van der Waals surface area contributed by atoms with Gasteiger partial charge in [0.05, 0.1) is 5.69 Å². The van der Waals surface area contributed by atoms with Gasteiger partial charge in [-0.15, -0.1) is 0 Å². The second-order valence-electron chi connectivity index (χ2n) is 15.6. The third kappa shape index (κ3) is 5.22. The van der Waals surface area contributed by atoms with E-state index in [0.717, 1.165) is 22.6 Å². The molecule has 0 bridgehead atoms. The zero-order chi connectivity index (χ0) is 38.9. The van der Waals surface area contributed by atoms with Crippen LogP contribution in [0.4, 0.5) is 17.1 Å². The Hall–Kier alpha value is -6.79. The molecule has 0 aliphatic carbocycles. The van der Waals surface area contributed by atoms with Crippen molar-refractivity contribution in [2.24, 2.45) is 0 Å². The Morgan fingerprint density at radius 3 is 1.56 bits per heavy atom. The van der Waals surface area contributed by atoms with Gasteiger partial charge in [0.2, 0.25) is 0 Å². The molecule has 2 nitrogen and oxygen atoms in total. The summed E-state index contributed by atoms with van der Waals surface area (Å²) in [5.74, 6) is 1.85. The van der Waals surface area contributed by atoms with E-state index in [0.29, 0.717) is 0 Å². The molecule has 0 N–H and O–H groups in total. The topological polar surface area (TPSA) is 12.5 Å². The van der Waals surface area contributed by atoms with Crippen LogP contribution in [0, 0.1) is 0 Å². The molecule has 0 spiro atoms. The molecule has 9 aromatic carbocycles. The van der Waals surface area contributed by atoms with Crippen molar-refractivity contribution in [1.82, 2.24) is 0 Å². The minimum absolute atomic E-state index is 0.00646. The molecule has 0 saturated heterocycles. The minimum atomic E-state index is -2.75. The molecule has 0 amide bonds. The summed E-state index contributed by atoms with van der Waals surface area (Å²) in [6.45, 7) is 0.00646. The molecule has 0 unspecified atom stereocenters. The summed E-state index contributed by atoms with van der Waals surface area (Å²) in [7, 11) is -2.75. The fraction of sp³-hybridized carbons (Fsp3) is 0. The van der Waals surface area contributed by atoms with Gasteiger partial charge in [0.1, 0.15) is 11.5 Å². The van der Waals surface area contributed by atoms with Crippen LogP contribution in [0.5, 0.6) is 11.5 Å². The molecule has 3 heterocycles. The molecule has 0 fully saturated rings. The van der Waals surface area contributed by atoms with Gasteiger partial charge in [-0.25, -0.2) is 0 Å². The van der Waals surface area contributed by atoms with Crippen LogP contribution in [0.2, 0.25) is 0 Å². The van der Waals surface area contributed by atoms with Gasteiger partial charge >= 0.3 is 0 Å². The lowest BCUT2D eigenvalue weighted by Crippen LogP contribution is -2.77. The zero-order valence-corrected chi connectivity index (χ0v) is 33.9. The number of hydrogen-bond donors (Lipinski definition) is 0. The highest BCUT2D eigenvalue weighted by atomic mass is 32.2. The number of benzene rings is 9. The van der Waals surface area contributed by atoms with Crippen molar-refractivity contribution in [1.29, 1.82) is 0 Å². The highest BCUT2D eigenvalue weighted by molar-refractivity contribution is 8.00. The number of fused-ring (bicyclic) bond motifs is 6. The number of hydrogen-bond acceptors (Lipinski definition) is 3. The third-order valence-electron chi connectivity index (χ3n) is 12.5. The van der Waals surface area contributed by atoms with Crippen molar-refractivity contribution < 1.29 is 4.74 Å². The second-order valence-corrected chi connectivity index (χ2v) is 20.3. The van der Waals surface area contributed by atoms with Gasteiger partial charge in [-0.05, 0) is 90.3 Å². The maximum absolute atomic E-state index is 6.99. The van der Waals surface area contributed by atoms with Crippen LogP contribution in [0.1, 0.15) is 0 Å². The van der Waals surface area contributed by atoms with Crippen LogP contribution in [-0.2, 0) is 0 Å². The Morgan fingerprint density at radius 2 is 0.932 bits per heavy atom. The molecule has 12 rings (SSSR count). The van der Waals surface area contributed by atoms with Crippen LogP contribution in [0.3, 0.4) is 0 Å². The molecule has 5 heteroatoms. The maximum Gasteiger partial charge on any atom is 0.253 e. The van der Waals surface area contributed by atoms with E-state index in [2.05, 4.69) is 223 Å². The zero-order valence-electron chi connectivity index (χ0n) is 32.1. The van der Waals surface area contributed by atoms with Gasteiger partial charge in [-0.3, -0.25) is 0 Å². The van der Waals surface area contributed by atoms with Gasteiger partial charge < -0.3 is 9.64 Å². The summed E-state index contributed by atoms with van der Waals surface area (Å²) in [5.41, 5.74) is 12.1. The summed E-state index contributed by atoms with van der Waals surface area (Å²) in [5, 5.41) is 5.57. The highest BCUT2D eigenvalue weighted by Crippen LogP contribution is 2.47. The molecule has 3 aliphatic rings. The van der Waals surface area contributed by atoms with Crippen molar-refractivity contribution in [2.75, 3.05) is 4.90 Å². The molecule has 0 radical (unpaired) electrons. The lowest BCUT2D eigenvalue weighted by Gasteiger charge is -2.45. The van der Waals surface area contributed by atoms with Crippen molar-refractivity contribution in [2.45, 2.75) is 9.79 Å². The molecule has 9 aromatic rings. The number of para-hydroxylation sites is 2. The smallest absolute Gasteiger partial charge is 0.253 e. The molecule has 59 heavy (non-hydrogen) atoms. The Kier molecular flexibility index (Phi) is 7.94. The number of ether oxygens (including phenoxy) is 1. The summed E-state index contributed by atoms with van der Waals surface area (Å²) < 4.78 is 6.99. The average Bonchev–Trinajstić information content (AvgIpc) is 3.31. The molecule has 276 valence electrons. The van der Waals surface area contributed by atoms with E-state index >= 15 is 0 Å². The van der Waals surface area contributed by atoms with E-state index < -0.39 is 8.07 Å². The second kappa shape index (κ2) is 13.7. The van der Waals surface area contributed by atoms with E-state index in [1.165, 1.54) is 75.1 Å². The molecule has 0 atom stereocenters. The van der Waals surface area contributed by atoms with Gasteiger partial charge in [-0.1, -0.05) is 199 Å². The van der Waals surface area contributed by atoms with Crippen molar-refractivity contribution >= 4 is 80.7 Å². The van der Waals surface area contributed by atoms with E-state index in [-0.39, 0.29) is 6.71 Å². The van der Waals surface area contributed by atoms with Crippen LogP contribution in [-0.4, -0.2) is 14.8 Å². The van der Waals surface area contributed by atoms with Crippen molar-refractivity contribution in [3.63, 3.8) is 0 Å². The van der Waals surface area contributed by atoms with E-state index in [9.17, 15) is 0 Å². The molecule has 3 aliphatic heterocycles. The van der Waals surface area contributed by atoms with E-state index in [1.54, 1.807) is 0 Å². The number of anilines is 3. The first-order chi connectivity index (χ1) is 29.3. The quantitative estimate of drug-likeness (QED) is 0.162. The van der Waals surface area contributed by atoms with E-state index in [4.69, 9.17) is 4.74 Å². The normalized spacial score (nSPS) is 13.9. The van der Waals surface area contributed by atoms with Crippen LogP contribution >= 0.6 is 11.8 Å². The van der Waals surface area contributed by atoms with Crippen LogP contribution in [0.15, 0.2) is 228 Å². The van der Waals surface area contributed by atoms with Gasteiger partial charge in [0.25, 0.3) is 6.71 Å². The molecule has 0 saturated carbocycles. The molecular formula is C54H36BNOSSi. The predicted octanol–water partition coefficient (Wildman–Crippen LogP) is 9.27. The predicted molar refractivity (Wildman–Crippen MR) is 251 cm³/mol. The molecule has 0 aromatic heterocycles. The van der Waals surface area contributed by atoms with E-state index in [1.807, 2.05) is 11.8 Å². The summed E-state index contributed by atoms with van der Waals surface area (Å²) in [6, 6.07) is 80.6. The Balaban J connectivity index is 1.11. The third-order valence-corrected chi connectivity index (χ3v) is 18.5. The summed E-state index contributed by atoms with van der Waals surface area (Å²) in [6.07, 6.45) is 0. The summed E-state index contributed by atoms with van der Waals surface area (Å²) in [4.78, 5) is 5.08. The Morgan fingerprint density at radius 1 is 0.407 bits per heavy atom. The first-order valence-corrected chi connectivity index (χ1v) is 23.1. The first-order valence-electron chi connectivity index (χ1n) is 20.3. The van der Waals surface area contributed by atoms with Crippen molar-refractivity contribution in [3.8, 4) is 33.8 Å². The largest absolute Gasteiger partial charge is 0.458 e. The maximum atomic E-state index is 6.99. The Labute approximate surface area is 350 Å². The van der Waals surface area contributed by atoms with Gasteiger partial charge in [-0.2, -0.15) is 0 Å². The lowest BCUT2D eigenvalue weighted by molar-refractivity contribution is 0.486. The lowest BCUT2D eigenvalue weighted by atomic mass is 9.35. The van der Waals surface area contributed by atoms with Gasteiger partial charge in [0.15, 0.2) is 8.07 Å². The number of rotatable bonds is 5. The van der Waals surface area contributed by atoms with Crippen molar-refractivity contribution in [3.05, 3.63) is 218 Å². The number of nitrogens with zero attached hydrogens (tertiary/aromatic N) is 1. The minimum Gasteiger partial charge on any atom is -0.458 e. The monoisotopic (exact) mass is 785 g/mol.